The molecule has 0 aliphatic carbocycles. The van der Waals surface area contributed by atoms with Crippen LogP contribution in [0.15, 0.2) is 47.4 Å². The number of nitrogens with one attached hydrogen (secondary N) is 1. The zero-order valence-corrected chi connectivity index (χ0v) is 13.5. The maximum Gasteiger partial charge on any atom is 0.258 e. The highest BCUT2D eigenvalue weighted by Crippen LogP contribution is 2.30. The summed E-state index contributed by atoms with van der Waals surface area (Å²) in [6.45, 7) is 0. The molecule has 0 saturated carbocycles. The predicted molar refractivity (Wildman–Crippen MR) is 90.8 cm³/mol. The summed E-state index contributed by atoms with van der Waals surface area (Å²) < 4.78 is 1.05. The number of benzene rings is 2. The lowest BCUT2D eigenvalue weighted by atomic mass is 10.2. The Hall–Kier alpha value is -1.56. The SMILES string of the molecule is CSc1ccc2nc(NC(=O)c3ccccc3Cl)sc2c1. The van der Waals surface area contributed by atoms with Gasteiger partial charge in [0, 0.05) is 4.90 Å². The Kier molecular flexibility index (Phi) is 4.14. The molecule has 0 spiro atoms. The van der Waals surface area contributed by atoms with E-state index in [-0.39, 0.29) is 5.91 Å². The van der Waals surface area contributed by atoms with Gasteiger partial charge in [-0.05, 0) is 36.6 Å². The van der Waals surface area contributed by atoms with Gasteiger partial charge in [-0.1, -0.05) is 35.1 Å². The Morgan fingerprint density at radius 1 is 1.29 bits per heavy atom. The average molecular weight is 335 g/mol. The van der Waals surface area contributed by atoms with Crippen molar-refractivity contribution >= 4 is 56.0 Å². The van der Waals surface area contributed by atoms with E-state index in [1.807, 2.05) is 18.4 Å². The maximum absolute atomic E-state index is 12.2. The molecule has 0 unspecified atom stereocenters. The first-order valence-corrected chi connectivity index (χ1v) is 8.60. The minimum Gasteiger partial charge on any atom is -0.298 e. The molecule has 1 amide bonds. The van der Waals surface area contributed by atoms with Crippen molar-refractivity contribution in [2.24, 2.45) is 0 Å². The average Bonchev–Trinajstić information content (AvgIpc) is 2.88. The van der Waals surface area contributed by atoms with E-state index in [0.29, 0.717) is 15.7 Å². The van der Waals surface area contributed by atoms with E-state index in [2.05, 4.69) is 16.4 Å². The first-order valence-electron chi connectivity index (χ1n) is 6.18. The van der Waals surface area contributed by atoms with Crippen LogP contribution in [0, 0.1) is 0 Å². The van der Waals surface area contributed by atoms with Crippen molar-refractivity contribution in [3.63, 3.8) is 0 Å². The van der Waals surface area contributed by atoms with Crippen molar-refractivity contribution in [1.29, 1.82) is 0 Å². The topological polar surface area (TPSA) is 42.0 Å². The molecule has 21 heavy (non-hydrogen) atoms. The first-order chi connectivity index (χ1) is 10.2. The number of hydrogen-bond donors (Lipinski definition) is 1. The number of anilines is 1. The second-order valence-electron chi connectivity index (χ2n) is 4.29. The summed E-state index contributed by atoms with van der Waals surface area (Å²) in [6.07, 6.45) is 2.03. The monoisotopic (exact) mass is 334 g/mol. The molecule has 0 aliphatic rings. The molecule has 6 heteroatoms. The van der Waals surface area contributed by atoms with Gasteiger partial charge in [-0.25, -0.2) is 4.98 Å². The molecule has 0 saturated heterocycles. The number of hydrogen-bond acceptors (Lipinski definition) is 4. The third kappa shape index (κ3) is 3.05. The van der Waals surface area contributed by atoms with E-state index in [9.17, 15) is 4.79 Å². The second kappa shape index (κ2) is 6.05. The molecule has 1 aromatic heterocycles. The molecular weight excluding hydrogens is 324 g/mol. The zero-order chi connectivity index (χ0) is 14.8. The minimum atomic E-state index is -0.246. The van der Waals surface area contributed by atoms with Gasteiger partial charge < -0.3 is 0 Å². The van der Waals surface area contributed by atoms with Crippen LogP contribution in [-0.4, -0.2) is 17.1 Å². The largest absolute Gasteiger partial charge is 0.298 e. The molecule has 0 aliphatic heterocycles. The van der Waals surface area contributed by atoms with Gasteiger partial charge in [-0.2, -0.15) is 0 Å². The van der Waals surface area contributed by atoms with Gasteiger partial charge in [-0.3, -0.25) is 10.1 Å². The Balaban J connectivity index is 1.88. The highest BCUT2D eigenvalue weighted by atomic mass is 35.5. The van der Waals surface area contributed by atoms with Gasteiger partial charge in [0.1, 0.15) is 0 Å². The van der Waals surface area contributed by atoms with Crippen LogP contribution in [0.1, 0.15) is 10.4 Å². The standard InChI is InChI=1S/C15H11ClN2OS2/c1-20-9-6-7-12-13(8-9)21-15(17-12)18-14(19)10-4-2-3-5-11(10)16/h2-8H,1H3,(H,17,18,19). The van der Waals surface area contributed by atoms with Crippen LogP contribution in [-0.2, 0) is 0 Å². The van der Waals surface area contributed by atoms with Crippen LogP contribution in [0.25, 0.3) is 10.2 Å². The molecule has 3 aromatic rings. The highest BCUT2D eigenvalue weighted by molar-refractivity contribution is 7.98. The van der Waals surface area contributed by atoms with Crippen LogP contribution < -0.4 is 5.32 Å². The van der Waals surface area contributed by atoms with Crippen LogP contribution in [0.4, 0.5) is 5.13 Å². The van der Waals surface area contributed by atoms with Crippen molar-refractivity contribution in [3.05, 3.63) is 53.1 Å². The summed E-state index contributed by atoms with van der Waals surface area (Å²) in [5.74, 6) is -0.246. The molecular formula is C15H11ClN2OS2. The molecule has 2 aromatic carbocycles. The van der Waals surface area contributed by atoms with Crippen molar-refractivity contribution < 1.29 is 4.79 Å². The number of carbonyl (C=O) groups excluding carboxylic acids is 1. The van der Waals surface area contributed by atoms with E-state index >= 15 is 0 Å². The molecule has 3 nitrogen and oxygen atoms in total. The second-order valence-corrected chi connectivity index (χ2v) is 6.60. The first kappa shape index (κ1) is 14.4. The Bertz CT molecular complexity index is 816. The number of fused-ring (bicyclic) bond motifs is 1. The van der Waals surface area contributed by atoms with Crippen LogP contribution in [0.3, 0.4) is 0 Å². The Morgan fingerprint density at radius 3 is 2.86 bits per heavy atom. The van der Waals surface area contributed by atoms with Crippen LogP contribution >= 0.6 is 34.7 Å². The summed E-state index contributed by atoms with van der Waals surface area (Å²) in [4.78, 5) is 17.8. The van der Waals surface area contributed by atoms with E-state index in [4.69, 9.17) is 11.6 Å². The molecule has 0 atom stereocenters. The quantitative estimate of drug-likeness (QED) is 0.691. The highest BCUT2D eigenvalue weighted by Gasteiger charge is 2.12. The molecule has 0 radical (unpaired) electrons. The smallest absolute Gasteiger partial charge is 0.258 e. The van der Waals surface area contributed by atoms with E-state index in [1.54, 1.807) is 36.0 Å². The van der Waals surface area contributed by atoms with E-state index < -0.39 is 0 Å². The number of nitrogens with zero attached hydrogens (tertiary/aromatic N) is 1. The van der Waals surface area contributed by atoms with Gasteiger partial charge in [0.25, 0.3) is 5.91 Å². The van der Waals surface area contributed by atoms with Crippen LogP contribution in [0.2, 0.25) is 5.02 Å². The lowest BCUT2D eigenvalue weighted by Crippen LogP contribution is -2.11. The lowest BCUT2D eigenvalue weighted by molar-refractivity contribution is 0.102. The zero-order valence-electron chi connectivity index (χ0n) is 11.1. The summed E-state index contributed by atoms with van der Waals surface area (Å²) in [5, 5.41) is 3.81. The molecule has 3 rings (SSSR count). The number of thioether (sulfide) groups is 1. The Morgan fingerprint density at radius 2 is 2.10 bits per heavy atom. The van der Waals surface area contributed by atoms with E-state index in [0.717, 1.165) is 10.2 Å². The third-order valence-electron chi connectivity index (χ3n) is 2.93. The molecule has 106 valence electrons. The number of thiazole rings is 1. The fraction of sp³-hybridized carbons (Fsp3) is 0.0667. The van der Waals surface area contributed by atoms with Crippen molar-refractivity contribution in [1.82, 2.24) is 4.98 Å². The molecule has 1 N–H and O–H groups in total. The van der Waals surface area contributed by atoms with Gasteiger partial charge in [-0.15, -0.1) is 11.8 Å². The summed E-state index contributed by atoms with van der Waals surface area (Å²) >= 11 is 9.16. The number of carbonyl (C=O) groups is 1. The van der Waals surface area contributed by atoms with Crippen molar-refractivity contribution in [2.45, 2.75) is 4.90 Å². The number of amides is 1. The molecule has 0 bridgehead atoms. The number of aromatic nitrogens is 1. The fourth-order valence-electron chi connectivity index (χ4n) is 1.90. The number of halogens is 1. The van der Waals surface area contributed by atoms with Crippen molar-refractivity contribution in [3.8, 4) is 0 Å². The fourth-order valence-corrected chi connectivity index (χ4v) is 3.53. The molecule has 1 heterocycles. The normalized spacial score (nSPS) is 10.8. The van der Waals surface area contributed by atoms with Gasteiger partial charge in [0.15, 0.2) is 5.13 Å². The summed E-state index contributed by atoms with van der Waals surface area (Å²) in [5.41, 5.74) is 1.33. The van der Waals surface area contributed by atoms with Crippen molar-refractivity contribution in [2.75, 3.05) is 11.6 Å². The van der Waals surface area contributed by atoms with Gasteiger partial charge in [0.2, 0.25) is 0 Å². The molecule has 0 fully saturated rings. The lowest BCUT2D eigenvalue weighted by Gasteiger charge is -2.02. The summed E-state index contributed by atoms with van der Waals surface area (Å²) in [7, 11) is 0. The van der Waals surface area contributed by atoms with Gasteiger partial charge >= 0.3 is 0 Å². The van der Waals surface area contributed by atoms with Gasteiger partial charge in [0.05, 0.1) is 20.8 Å². The predicted octanol–water partition coefficient (Wildman–Crippen LogP) is 4.92. The van der Waals surface area contributed by atoms with E-state index in [1.165, 1.54) is 16.2 Å². The van der Waals surface area contributed by atoms with Crippen LogP contribution in [0.5, 0.6) is 0 Å². The minimum absolute atomic E-state index is 0.246. The third-order valence-corrected chi connectivity index (χ3v) is 4.92. The number of rotatable bonds is 3. The Labute approximate surface area is 135 Å². The summed E-state index contributed by atoms with van der Waals surface area (Å²) in [6, 6.07) is 13.0. The maximum atomic E-state index is 12.2.